The lowest BCUT2D eigenvalue weighted by Crippen LogP contribution is -2.60. The Morgan fingerprint density at radius 2 is 1.40 bits per heavy atom. The third-order valence-electron chi connectivity index (χ3n) is 7.04. The second kappa shape index (κ2) is 11.8. The Morgan fingerprint density at radius 1 is 0.867 bits per heavy atom. The molecule has 2 aliphatic rings. The van der Waals surface area contributed by atoms with E-state index in [0.717, 1.165) is 31.4 Å². The standard InChI is InChI=1S/C23H42O7/c1-8-22(27-6)15-29-20(22)11-17(13-24-3)10-19(26-5)18(14-25-4)12-21-23(9-2,28-7)16-30-21/h10,17-18,20-21H,8-9,11-16H2,1-7H3. The van der Waals surface area contributed by atoms with Gasteiger partial charge in [-0.15, -0.1) is 0 Å². The molecule has 0 aliphatic carbocycles. The maximum absolute atomic E-state index is 5.88. The van der Waals surface area contributed by atoms with Crippen molar-refractivity contribution in [1.82, 2.24) is 0 Å². The molecule has 7 heteroatoms. The van der Waals surface area contributed by atoms with Crippen LogP contribution in [0, 0.1) is 11.8 Å². The van der Waals surface area contributed by atoms with Crippen LogP contribution >= 0.6 is 0 Å². The van der Waals surface area contributed by atoms with Gasteiger partial charge in [-0.3, -0.25) is 0 Å². The molecule has 6 unspecified atom stereocenters. The normalized spacial score (nSPS) is 33.5. The molecule has 0 aromatic rings. The van der Waals surface area contributed by atoms with Crippen molar-refractivity contribution in [3.05, 3.63) is 11.8 Å². The van der Waals surface area contributed by atoms with Gasteiger partial charge in [0.05, 0.1) is 51.5 Å². The van der Waals surface area contributed by atoms with Crippen LogP contribution in [0.1, 0.15) is 39.5 Å². The molecule has 0 spiro atoms. The molecule has 2 saturated heterocycles. The molecule has 0 saturated carbocycles. The van der Waals surface area contributed by atoms with E-state index in [4.69, 9.17) is 33.2 Å². The van der Waals surface area contributed by atoms with Crippen LogP contribution < -0.4 is 0 Å². The third kappa shape index (κ3) is 5.37. The van der Waals surface area contributed by atoms with Crippen LogP contribution in [0.25, 0.3) is 0 Å². The van der Waals surface area contributed by atoms with Gasteiger partial charge in [0.25, 0.3) is 0 Å². The van der Waals surface area contributed by atoms with Crippen LogP contribution in [0.15, 0.2) is 11.8 Å². The van der Waals surface area contributed by atoms with Gasteiger partial charge in [0.15, 0.2) is 0 Å². The first-order valence-corrected chi connectivity index (χ1v) is 11.0. The Kier molecular flexibility index (Phi) is 10.0. The van der Waals surface area contributed by atoms with Crippen molar-refractivity contribution in [2.45, 2.75) is 62.9 Å². The SMILES string of the molecule is CCC1(OC)COC1CC(C=C(OC)C(COC)CC1OCC1(CC)OC)COC. The quantitative estimate of drug-likeness (QED) is 0.370. The smallest absolute Gasteiger partial charge is 0.117 e. The van der Waals surface area contributed by atoms with Crippen molar-refractivity contribution in [3.8, 4) is 0 Å². The van der Waals surface area contributed by atoms with Crippen molar-refractivity contribution in [1.29, 1.82) is 0 Å². The predicted octanol–water partition coefficient (Wildman–Crippen LogP) is 3.21. The molecule has 0 aromatic heterocycles. The predicted molar refractivity (Wildman–Crippen MR) is 115 cm³/mol. The summed E-state index contributed by atoms with van der Waals surface area (Å²) >= 11 is 0. The highest BCUT2D eigenvalue weighted by atomic mass is 16.6. The van der Waals surface area contributed by atoms with E-state index >= 15 is 0 Å². The molecule has 6 atom stereocenters. The molecule has 0 bridgehead atoms. The lowest BCUT2D eigenvalue weighted by Gasteiger charge is -2.49. The van der Waals surface area contributed by atoms with E-state index in [2.05, 4.69) is 19.9 Å². The van der Waals surface area contributed by atoms with Crippen molar-refractivity contribution >= 4 is 0 Å². The average molecular weight is 431 g/mol. The van der Waals surface area contributed by atoms with Crippen LogP contribution in [-0.4, -0.2) is 85.4 Å². The fourth-order valence-corrected chi connectivity index (χ4v) is 4.67. The van der Waals surface area contributed by atoms with Gasteiger partial charge in [0.1, 0.15) is 11.2 Å². The summed E-state index contributed by atoms with van der Waals surface area (Å²) in [4.78, 5) is 0. The second-order valence-electron chi connectivity index (χ2n) is 8.46. The maximum Gasteiger partial charge on any atom is 0.117 e. The van der Waals surface area contributed by atoms with Gasteiger partial charge in [-0.25, -0.2) is 0 Å². The summed E-state index contributed by atoms with van der Waals surface area (Å²) in [5, 5.41) is 0. The van der Waals surface area contributed by atoms with E-state index in [9.17, 15) is 0 Å². The van der Waals surface area contributed by atoms with Gasteiger partial charge in [-0.2, -0.15) is 0 Å². The monoisotopic (exact) mass is 430 g/mol. The Hall–Kier alpha value is -0.700. The number of ether oxygens (including phenoxy) is 7. The first kappa shape index (κ1) is 25.6. The first-order chi connectivity index (χ1) is 14.5. The van der Waals surface area contributed by atoms with Gasteiger partial charge in [-0.05, 0) is 31.8 Å². The molecule has 0 amide bonds. The van der Waals surface area contributed by atoms with E-state index in [1.165, 1.54) is 0 Å². The zero-order valence-electron chi connectivity index (χ0n) is 19.9. The molecule has 0 aromatic carbocycles. The van der Waals surface area contributed by atoms with Crippen LogP contribution in [0.4, 0.5) is 0 Å². The summed E-state index contributed by atoms with van der Waals surface area (Å²) in [6.07, 6.45) is 5.70. The fourth-order valence-electron chi connectivity index (χ4n) is 4.67. The molecule has 2 heterocycles. The number of hydrogen-bond donors (Lipinski definition) is 0. The van der Waals surface area contributed by atoms with E-state index < -0.39 is 0 Å². The van der Waals surface area contributed by atoms with Crippen LogP contribution in [0.2, 0.25) is 0 Å². The highest BCUT2D eigenvalue weighted by Gasteiger charge is 2.49. The van der Waals surface area contributed by atoms with E-state index in [0.29, 0.717) is 26.4 Å². The summed E-state index contributed by atoms with van der Waals surface area (Å²) in [5.41, 5.74) is -0.409. The highest BCUT2D eigenvalue weighted by molar-refractivity contribution is 5.08. The van der Waals surface area contributed by atoms with Crippen molar-refractivity contribution in [3.63, 3.8) is 0 Å². The summed E-state index contributed by atoms with van der Waals surface area (Å²) in [5.74, 6) is 1.12. The summed E-state index contributed by atoms with van der Waals surface area (Å²) < 4.78 is 40.2. The fraction of sp³-hybridized carbons (Fsp3) is 0.913. The van der Waals surface area contributed by atoms with Gasteiger partial charge < -0.3 is 33.2 Å². The minimum atomic E-state index is -0.213. The highest BCUT2D eigenvalue weighted by Crippen LogP contribution is 2.39. The largest absolute Gasteiger partial charge is 0.501 e. The molecule has 176 valence electrons. The van der Waals surface area contributed by atoms with Crippen LogP contribution in [0.5, 0.6) is 0 Å². The molecule has 7 nitrogen and oxygen atoms in total. The zero-order valence-corrected chi connectivity index (χ0v) is 19.9. The van der Waals surface area contributed by atoms with Crippen molar-refractivity contribution < 1.29 is 33.2 Å². The van der Waals surface area contributed by atoms with Crippen molar-refractivity contribution in [2.75, 3.05) is 62.0 Å². The topological polar surface area (TPSA) is 64.6 Å². The molecule has 2 aliphatic heterocycles. The Balaban J connectivity index is 2.14. The van der Waals surface area contributed by atoms with E-state index in [-0.39, 0.29) is 35.2 Å². The maximum atomic E-state index is 5.88. The number of rotatable bonds is 15. The lowest BCUT2D eigenvalue weighted by molar-refractivity contribution is -0.257. The second-order valence-corrected chi connectivity index (χ2v) is 8.46. The molecular weight excluding hydrogens is 388 g/mol. The Labute approximate surface area is 182 Å². The minimum Gasteiger partial charge on any atom is -0.501 e. The molecule has 0 N–H and O–H groups in total. The number of methoxy groups -OCH3 is 5. The van der Waals surface area contributed by atoms with Gasteiger partial charge >= 0.3 is 0 Å². The minimum absolute atomic E-state index is 0.0308. The lowest BCUT2D eigenvalue weighted by atomic mass is 9.81. The van der Waals surface area contributed by atoms with Gasteiger partial charge in [0, 0.05) is 40.3 Å². The summed E-state index contributed by atoms with van der Waals surface area (Å²) in [6.45, 7) is 6.71. The van der Waals surface area contributed by atoms with E-state index in [1.807, 2.05) is 0 Å². The molecular formula is C23H42O7. The van der Waals surface area contributed by atoms with Crippen molar-refractivity contribution in [2.24, 2.45) is 11.8 Å². The molecule has 2 fully saturated rings. The van der Waals surface area contributed by atoms with Crippen LogP contribution in [-0.2, 0) is 33.2 Å². The van der Waals surface area contributed by atoms with Gasteiger partial charge in [-0.1, -0.05) is 13.8 Å². The molecule has 0 radical (unpaired) electrons. The Morgan fingerprint density at radius 3 is 1.77 bits per heavy atom. The average Bonchev–Trinajstić information content (AvgIpc) is 2.73. The summed E-state index contributed by atoms with van der Waals surface area (Å²) in [6, 6.07) is 0. The zero-order chi connectivity index (χ0) is 22.2. The van der Waals surface area contributed by atoms with E-state index in [1.54, 1.807) is 35.5 Å². The molecule has 30 heavy (non-hydrogen) atoms. The third-order valence-corrected chi connectivity index (χ3v) is 7.04. The van der Waals surface area contributed by atoms with Crippen LogP contribution in [0.3, 0.4) is 0 Å². The number of hydrogen-bond acceptors (Lipinski definition) is 7. The summed E-state index contributed by atoms with van der Waals surface area (Å²) in [7, 11) is 8.69. The first-order valence-electron chi connectivity index (χ1n) is 11.0. The Bertz CT molecular complexity index is 517. The molecule has 2 rings (SSSR count). The van der Waals surface area contributed by atoms with Gasteiger partial charge in [0.2, 0.25) is 0 Å².